The van der Waals surface area contributed by atoms with Crippen molar-refractivity contribution in [1.82, 2.24) is 14.8 Å². The van der Waals surface area contributed by atoms with Crippen LogP contribution in [0, 0.1) is 13.8 Å². The molecule has 0 aliphatic heterocycles. The van der Waals surface area contributed by atoms with Crippen LogP contribution in [-0.4, -0.2) is 47.3 Å². The molecule has 0 atom stereocenters. The summed E-state index contributed by atoms with van der Waals surface area (Å²) in [5.74, 6) is 2.11. The van der Waals surface area contributed by atoms with Gasteiger partial charge in [0.15, 0.2) is 11.0 Å². The first-order valence-corrected chi connectivity index (χ1v) is 10.1. The molecule has 1 aromatic carbocycles. The smallest absolute Gasteiger partial charge is 0.234 e. The molecule has 0 unspecified atom stereocenters. The van der Waals surface area contributed by atoms with Crippen LogP contribution in [0.5, 0.6) is 5.75 Å². The number of thioether (sulfide) groups is 1. The molecule has 1 N–H and O–H groups in total. The standard InChI is InChI=1S/C20H24N4O4S/c1-13-5-6-17(27-4)16(11-13)21-18(25)12-29-20-23-22-19(24(20)8-10-26-3)15-7-9-28-14(15)2/h5-7,9,11H,8,10,12H2,1-4H3,(H,21,25). The topological polar surface area (TPSA) is 91.4 Å². The molecular formula is C20H24N4O4S. The number of hydrogen-bond acceptors (Lipinski definition) is 7. The molecule has 3 rings (SSSR count). The van der Waals surface area contributed by atoms with E-state index in [1.807, 2.05) is 42.7 Å². The first-order chi connectivity index (χ1) is 14.0. The van der Waals surface area contributed by atoms with Crippen LogP contribution in [0.25, 0.3) is 11.4 Å². The van der Waals surface area contributed by atoms with Crippen LogP contribution < -0.4 is 10.1 Å². The number of anilines is 1. The maximum absolute atomic E-state index is 12.5. The summed E-state index contributed by atoms with van der Waals surface area (Å²) >= 11 is 1.32. The lowest BCUT2D eigenvalue weighted by molar-refractivity contribution is -0.113. The van der Waals surface area contributed by atoms with Gasteiger partial charge in [-0.2, -0.15) is 0 Å². The third kappa shape index (κ3) is 4.99. The number of methoxy groups -OCH3 is 2. The van der Waals surface area contributed by atoms with E-state index in [0.29, 0.717) is 35.6 Å². The van der Waals surface area contributed by atoms with Crippen LogP contribution >= 0.6 is 11.8 Å². The molecule has 29 heavy (non-hydrogen) atoms. The second-order valence-electron chi connectivity index (χ2n) is 6.38. The number of carbonyl (C=O) groups is 1. The fourth-order valence-electron chi connectivity index (χ4n) is 2.83. The van der Waals surface area contributed by atoms with Gasteiger partial charge < -0.3 is 19.2 Å². The van der Waals surface area contributed by atoms with E-state index in [1.165, 1.54) is 11.8 Å². The molecule has 2 aromatic heterocycles. The van der Waals surface area contributed by atoms with Gasteiger partial charge in [0.05, 0.1) is 43.5 Å². The maximum atomic E-state index is 12.5. The summed E-state index contributed by atoms with van der Waals surface area (Å²) in [6, 6.07) is 7.50. The summed E-state index contributed by atoms with van der Waals surface area (Å²) in [4.78, 5) is 12.5. The number of amides is 1. The average molecular weight is 417 g/mol. The Kier molecular flexibility index (Phi) is 6.95. The first-order valence-electron chi connectivity index (χ1n) is 9.07. The van der Waals surface area contributed by atoms with Crippen LogP contribution in [0.4, 0.5) is 5.69 Å². The van der Waals surface area contributed by atoms with Crippen molar-refractivity contribution in [2.75, 3.05) is 31.9 Å². The van der Waals surface area contributed by atoms with E-state index >= 15 is 0 Å². The lowest BCUT2D eigenvalue weighted by atomic mass is 10.2. The minimum Gasteiger partial charge on any atom is -0.495 e. The number of carbonyl (C=O) groups excluding carboxylic acids is 1. The van der Waals surface area contributed by atoms with Crippen molar-refractivity contribution in [2.45, 2.75) is 25.5 Å². The van der Waals surface area contributed by atoms with Gasteiger partial charge in [-0.25, -0.2) is 0 Å². The van der Waals surface area contributed by atoms with Gasteiger partial charge in [-0.3, -0.25) is 9.36 Å². The zero-order chi connectivity index (χ0) is 20.8. The van der Waals surface area contributed by atoms with Gasteiger partial charge in [0.2, 0.25) is 5.91 Å². The van der Waals surface area contributed by atoms with E-state index in [4.69, 9.17) is 13.9 Å². The molecule has 2 heterocycles. The minimum atomic E-state index is -0.152. The fraction of sp³-hybridized carbons (Fsp3) is 0.350. The zero-order valence-electron chi connectivity index (χ0n) is 16.9. The van der Waals surface area contributed by atoms with E-state index < -0.39 is 0 Å². The van der Waals surface area contributed by atoms with Gasteiger partial charge in [0, 0.05) is 7.11 Å². The Hall–Kier alpha value is -2.78. The van der Waals surface area contributed by atoms with Crippen molar-refractivity contribution in [3.63, 3.8) is 0 Å². The van der Waals surface area contributed by atoms with E-state index in [-0.39, 0.29) is 11.7 Å². The molecule has 0 bridgehead atoms. The molecule has 9 heteroatoms. The quantitative estimate of drug-likeness (QED) is 0.534. The SMILES string of the molecule is COCCn1c(SCC(=O)Nc2cc(C)ccc2OC)nnc1-c1ccoc1C. The molecule has 154 valence electrons. The third-order valence-corrected chi connectivity index (χ3v) is 5.26. The Morgan fingerprint density at radius 3 is 2.76 bits per heavy atom. The van der Waals surface area contributed by atoms with Gasteiger partial charge in [-0.1, -0.05) is 17.8 Å². The van der Waals surface area contributed by atoms with E-state index in [2.05, 4.69) is 15.5 Å². The Morgan fingerprint density at radius 2 is 2.07 bits per heavy atom. The lowest BCUT2D eigenvalue weighted by Crippen LogP contribution is -2.16. The number of nitrogens with one attached hydrogen (secondary N) is 1. The number of rotatable bonds is 9. The Balaban J connectivity index is 1.73. The van der Waals surface area contributed by atoms with Crippen LogP contribution in [0.1, 0.15) is 11.3 Å². The largest absolute Gasteiger partial charge is 0.495 e. The van der Waals surface area contributed by atoms with Gasteiger partial charge >= 0.3 is 0 Å². The van der Waals surface area contributed by atoms with E-state index in [0.717, 1.165) is 16.9 Å². The molecule has 0 spiro atoms. The van der Waals surface area contributed by atoms with Crippen molar-refractivity contribution in [1.29, 1.82) is 0 Å². The first kappa shape index (κ1) is 20.9. The normalized spacial score (nSPS) is 10.9. The molecule has 0 fully saturated rings. The van der Waals surface area contributed by atoms with Crippen LogP contribution in [-0.2, 0) is 16.1 Å². The number of hydrogen-bond donors (Lipinski definition) is 1. The third-order valence-electron chi connectivity index (χ3n) is 4.30. The number of ether oxygens (including phenoxy) is 2. The molecule has 0 aliphatic rings. The second kappa shape index (κ2) is 9.62. The predicted octanol–water partition coefficient (Wildman–Crippen LogP) is 3.54. The Labute approximate surface area is 173 Å². The Bertz CT molecular complexity index is 983. The van der Waals surface area contributed by atoms with Crippen molar-refractivity contribution in [3.05, 3.63) is 41.9 Å². The molecule has 3 aromatic rings. The zero-order valence-corrected chi connectivity index (χ0v) is 17.7. The second-order valence-corrected chi connectivity index (χ2v) is 7.32. The van der Waals surface area contributed by atoms with Gasteiger partial charge in [0.25, 0.3) is 0 Å². The highest BCUT2D eigenvalue weighted by Gasteiger charge is 2.18. The van der Waals surface area contributed by atoms with Gasteiger partial charge in [-0.15, -0.1) is 10.2 Å². The summed E-state index contributed by atoms with van der Waals surface area (Å²) in [7, 11) is 3.22. The number of nitrogens with zero attached hydrogens (tertiary/aromatic N) is 3. The monoisotopic (exact) mass is 416 g/mol. The van der Waals surface area contributed by atoms with E-state index in [9.17, 15) is 4.79 Å². The average Bonchev–Trinajstić information content (AvgIpc) is 3.30. The number of benzene rings is 1. The summed E-state index contributed by atoms with van der Waals surface area (Å²) in [6.07, 6.45) is 1.62. The Morgan fingerprint density at radius 1 is 1.24 bits per heavy atom. The minimum absolute atomic E-state index is 0.152. The highest BCUT2D eigenvalue weighted by molar-refractivity contribution is 7.99. The van der Waals surface area contributed by atoms with Crippen molar-refractivity contribution in [2.24, 2.45) is 0 Å². The molecule has 0 aliphatic carbocycles. The summed E-state index contributed by atoms with van der Waals surface area (Å²) in [5.41, 5.74) is 2.55. The van der Waals surface area contributed by atoms with Crippen molar-refractivity contribution >= 4 is 23.4 Å². The molecular weight excluding hydrogens is 392 g/mol. The molecule has 1 amide bonds. The van der Waals surface area contributed by atoms with Crippen LogP contribution in [0.15, 0.2) is 40.1 Å². The number of aromatic nitrogens is 3. The molecule has 8 nitrogen and oxygen atoms in total. The molecule has 0 saturated heterocycles. The maximum Gasteiger partial charge on any atom is 0.234 e. The number of furan rings is 1. The van der Waals surface area contributed by atoms with Crippen LogP contribution in [0.2, 0.25) is 0 Å². The molecule has 0 radical (unpaired) electrons. The van der Waals surface area contributed by atoms with Gasteiger partial charge in [-0.05, 0) is 37.6 Å². The predicted molar refractivity (Wildman–Crippen MR) is 111 cm³/mol. The highest BCUT2D eigenvalue weighted by Crippen LogP contribution is 2.28. The summed E-state index contributed by atoms with van der Waals surface area (Å²) < 4.78 is 17.8. The summed E-state index contributed by atoms with van der Waals surface area (Å²) in [5, 5.41) is 12.1. The lowest BCUT2D eigenvalue weighted by Gasteiger charge is -2.11. The van der Waals surface area contributed by atoms with Crippen molar-refractivity contribution in [3.8, 4) is 17.1 Å². The van der Waals surface area contributed by atoms with E-state index in [1.54, 1.807) is 20.5 Å². The van der Waals surface area contributed by atoms with Crippen molar-refractivity contribution < 1.29 is 18.7 Å². The van der Waals surface area contributed by atoms with Crippen LogP contribution in [0.3, 0.4) is 0 Å². The van der Waals surface area contributed by atoms with Gasteiger partial charge in [0.1, 0.15) is 11.5 Å². The highest BCUT2D eigenvalue weighted by atomic mass is 32.2. The fourth-order valence-corrected chi connectivity index (χ4v) is 3.60. The molecule has 0 saturated carbocycles. The summed E-state index contributed by atoms with van der Waals surface area (Å²) in [6.45, 7) is 4.91. The number of aryl methyl sites for hydroxylation is 2.